The first-order chi connectivity index (χ1) is 9.80. The van der Waals surface area contributed by atoms with Crippen LogP contribution in [0.15, 0.2) is 29.4 Å². The molecular formula is C15H16N4S. The summed E-state index contributed by atoms with van der Waals surface area (Å²) in [6.45, 7) is 2.95. The molecule has 1 aromatic carbocycles. The van der Waals surface area contributed by atoms with Gasteiger partial charge in [0.05, 0.1) is 29.1 Å². The number of hydrogen-bond donors (Lipinski definition) is 0. The van der Waals surface area contributed by atoms with Gasteiger partial charge in [-0.25, -0.2) is 4.98 Å². The lowest BCUT2D eigenvalue weighted by atomic mass is 10.1. The number of aryl methyl sites for hydroxylation is 1. The van der Waals surface area contributed by atoms with E-state index in [1.165, 1.54) is 0 Å². The van der Waals surface area contributed by atoms with Gasteiger partial charge in [0.1, 0.15) is 0 Å². The highest BCUT2D eigenvalue weighted by atomic mass is 32.2. The van der Waals surface area contributed by atoms with Crippen molar-refractivity contribution in [1.29, 1.82) is 10.5 Å². The minimum Gasteiger partial charge on any atom is -0.319 e. The third-order valence-electron chi connectivity index (χ3n) is 3.14. The zero-order chi connectivity index (χ0) is 14.4. The fourth-order valence-electron chi connectivity index (χ4n) is 2.07. The largest absolute Gasteiger partial charge is 0.319 e. The van der Waals surface area contributed by atoms with Gasteiger partial charge in [-0.3, -0.25) is 0 Å². The number of aromatic nitrogens is 2. The number of benzene rings is 1. The van der Waals surface area contributed by atoms with Crippen LogP contribution < -0.4 is 0 Å². The average Bonchev–Trinajstić information content (AvgIpc) is 2.85. The molecule has 1 atom stereocenters. The van der Waals surface area contributed by atoms with Gasteiger partial charge in [-0.05, 0) is 25.5 Å². The Morgan fingerprint density at radius 1 is 1.35 bits per heavy atom. The number of imidazole rings is 1. The normalized spacial score (nSPS) is 11.9. The first-order valence-electron chi connectivity index (χ1n) is 6.64. The summed E-state index contributed by atoms with van der Waals surface area (Å²) in [6, 6.07) is 12.4. The van der Waals surface area contributed by atoms with Crippen LogP contribution in [0, 0.1) is 28.6 Å². The lowest BCUT2D eigenvalue weighted by Crippen LogP contribution is -2.03. The summed E-state index contributed by atoms with van der Waals surface area (Å²) in [5.41, 5.74) is 2.12. The van der Waals surface area contributed by atoms with Crippen molar-refractivity contribution in [2.75, 3.05) is 5.75 Å². The minimum atomic E-state index is -0.0928. The zero-order valence-electron chi connectivity index (χ0n) is 11.4. The Morgan fingerprint density at radius 2 is 2.15 bits per heavy atom. The molecule has 0 saturated heterocycles. The van der Waals surface area contributed by atoms with E-state index in [1.807, 2.05) is 18.2 Å². The SMILES string of the molecule is CCn1c(SC[C@H](C#N)CCC#N)nc2ccccc21. The smallest absolute Gasteiger partial charge is 0.169 e. The Labute approximate surface area is 123 Å². The number of thioether (sulfide) groups is 1. The zero-order valence-corrected chi connectivity index (χ0v) is 12.2. The molecule has 0 bridgehead atoms. The molecule has 0 aliphatic rings. The number of hydrogen-bond acceptors (Lipinski definition) is 4. The van der Waals surface area contributed by atoms with E-state index in [0.717, 1.165) is 22.7 Å². The Balaban J connectivity index is 2.13. The molecule has 1 heterocycles. The van der Waals surface area contributed by atoms with Gasteiger partial charge < -0.3 is 4.57 Å². The maximum Gasteiger partial charge on any atom is 0.169 e. The molecule has 0 fully saturated rings. The minimum absolute atomic E-state index is 0.0928. The van der Waals surface area contributed by atoms with Crippen molar-refractivity contribution >= 4 is 22.8 Å². The summed E-state index contributed by atoms with van der Waals surface area (Å²) in [4.78, 5) is 4.62. The van der Waals surface area contributed by atoms with Crippen LogP contribution in [0.2, 0.25) is 0 Å². The van der Waals surface area contributed by atoms with Crippen molar-refractivity contribution in [3.63, 3.8) is 0 Å². The molecule has 0 N–H and O–H groups in total. The van der Waals surface area contributed by atoms with Crippen LogP contribution in [0.1, 0.15) is 19.8 Å². The molecule has 1 aromatic heterocycles. The van der Waals surface area contributed by atoms with Gasteiger partial charge in [0, 0.05) is 18.7 Å². The average molecular weight is 284 g/mol. The molecule has 0 saturated carbocycles. The van der Waals surface area contributed by atoms with Gasteiger partial charge in [-0.15, -0.1) is 0 Å². The van der Waals surface area contributed by atoms with Crippen LogP contribution in [0.4, 0.5) is 0 Å². The fraction of sp³-hybridized carbons (Fsp3) is 0.400. The molecule has 102 valence electrons. The molecule has 0 spiro atoms. The molecule has 2 rings (SSSR count). The van der Waals surface area contributed by atoms with Gasteiger partial charge in [0.2, 0.25) is 0 Å². The first kappa shape index (κ1) is 14.4. The predicted molar refractivity (Wildman–Crippen MR) is 80.1 cm³/mol. The maximum absolute atomic E-state index is 9.10. The molecule has 20 heavy (non-hydrogen) atoms. The second-order valence-electron chi connectivity index (χ2n) is 4.46. The fourth-order valence-corrected chi connectivity index (χ4v) is 3.21. The molecule has 0 unspecified atom stereocenters. The Hall–Kier alpha value is -1.98. The third kappa shape index (κ3) is 3.12. The molecule has 0 amide bonds. The predicted octanol–water partition coefficient (Wildman–Crippen LogP) is 3.59. The molecule has 5 heteroatoms. The van der Waals surface area contributed by atoms with Crippen molar-refractivity contribution in [3.05, 3.63) is 24.3 Å². The highest BCUT2D eigenvalue weighted by molar-refractivity contribution is 7.99. The van der Waals surface area contributed by atoms with Gasteiger partial charge in [-0.1, -0.05) is 23.9 Å². The summed E-state index contributed by atoms with van der Waals surface area (Å²) >= 11 is 1.60. The number of para-hydroxylation sites is 2. The second-order valence-corrected chi connectivity index (χ2v) is 5.45. The van der Waals surface area contributed by atoms with Crippen molar-refractivity contribution in [1.82, 2.24) is 9.55 Å². The number of fused-ring (bicyclic) bond motifs is 1. The van der Waals surface area contributed by atoms with Crippen molar-refractivity contribution < 1.29 is 0 Å². The second kappa shape index (κ2) is 6.98. The summed E-state index contributed by atoms with van der Waals surface area (Å²) in [6.07, 6.45) is 1.06. The lowest BCUT2D eigenvalue weighted by molar-refractivity contribution is 0.675. The van der Waals surface area contributed by atoms with Gasteiger partial charge >= 0.3 is 0 Å². The van der Waals surface area contributed by atoms with Crippen LogP contribution in [0.25, 0.3) is 11.0 Å². The number of rotatable bonds is 6. The van der Waals surface area contributed by atoms with E-state index in [0.29, 0.717) is 18.6 Å². The first-order valence-corrected chi connectivity index (χ1v) is 7.63. The molecule has 4 nitrogen and oxygen atoms in total. The highest BCUT2D eigenvalue weighted by Crippen LogP contribution is 2.26. The van der Waals surface area contributed by atoms with E-state index in [9.17, 15) is 0 Å². The van der Waals surface area contributed by atoms with Crippen LogP contribution in [0.5, 0.6) is 0 Å². The molecule has 0 aliphatic carbocycles. The lowest BCUT2D eigenvalue weighted by Gasteiger charge is -2.08. The van der Waals surface area contributed by atoms with Crippen LogP contribution >= 0.6 is 11.8 Å². The summed E-state index contributed by atoms with van der Waals surface area (Å²) in [5, 5.41) is 18.6. The van der Waals surface area contributed by atoms with E-state index >= 15 is 0 Å². The third-order valence-corrected chi connectivity index (χ3v) is 4.28. The molecule has 2 aromatic rings. The van der Waals surface area contributed by atoms with E-state index < -0.39 is 0 Å². The molecule has 0 radical (unpaired) electrons. The van der Waals surface area contributed by atoms with Crippen molar-refractivity contribution in [2.24, 2.45) is 5.92 Å². The Bertz CT molecular complexity index is 663. The summed E-state index contributed by atoms with van der Waals surface area (Å²) in [7, 11) is 0. The standard InChI is InChI=1S/C15H16N4S/c1-2-19-14-8-4-3-7-13(14)18-15(19)20-11-12(10-17)6-5-9-16/h3-4,7-8,12H,2,5-6,11H2,1H3/t12-/m0/s1. The highest BCUT2D eigenvalue weighted by Gasteiger charge is 2.13. The van der Waals surface area contributed by atoms with E-state index in [4.69, 9.17) is 10.5 Å². The number of nitrogens with zero attached hydrogens (tertiary/aromatic N) is 4. The van der Waals surface area contributed by atoms with Gasteiger partial charge in [0.15, 0.2) is 5.16 Å². The van der Waals surface area contributed by atoms with Crippen LogP contribution in [0.3, 0.4) is 0 Å². The van der Waals surface area contributed by atoms with Gasteiger partial charge in [-0.2, -0.15) is 10.5 Å². The van der Waals surface area contributed by atoms with E-state index in [1.54, 1.807) is 11.8 Å². The molecule has 0 aliphatic heterocycles. The molecular weight excluding hydrogens is 268 g/mol. The Morgan fingerprint density at radius 3 is 2.85 bits per heavy atom. The Kier molecular flexibility index (Phi) is 5.03. The van der Waals surface area contributed by atoms with Gasteiger partial charge in [0.25, 0.3) is 0 Å². The van der Waals surface area contributed by atoms with E-state index in [2.05, 4.69) is 34.7 Å². The summed E-state index contributed by atoms with van der Waals surface area (Å²) in [5.74, 6) is 0.589. The van der Waals surface area contributed by atoms with E-state index in [-0.39, 0.29) is 5.92 Å². The van der Waals surface area contributed by atoms with Crippen molar-refractivity contribution in [2.45, 2.75) is 31.5 Å². The summed E-state index contributed by atoms with van der Waals surface area (Å²) < 4.78 is 2.17. The van der Waals surface area contributed by atoms with Crippen LogP contribution in [-0.2, 0) is 6.54 Å². The topological polar surface area (TPSA) is 65.4 Å². The quantitative estimate of drug-likeness (QED) is 0.760. The monoisotopic (exact) mass is 284 g/mol. The number of nitriles is 2. The maximum atomic E-state index is 9.10. The van der Waals surface area contributed by atoms with Crippen molar-refractivity contribution in [3.8, 4) is 12.1 Å². The van der Waals surface area contributed by atoms with Crippen LogP contribution in [-0.4, -0.2) is 15.3 Å².